The van der Waals surface area contributed by atoms with E-state index in [9.17, 15) is 13.2 Å². The zero-order valence-electron chi connectivity index (χ0n) is 14.2. The van der Waals surface area contributed by atoms with Crippen molar-refractivity contribution in [3.63, 3.8) is 0 Å². The van der Waals surface area contributed by atoms with Crippen LogP contribution in [0.15, 0.2) is 23.2 Å². The van der Waals surface area contributed by atoms with Crippen molar-refractivity contribution in [3.8, 4) is 12.3 Å². The van der Waals surface area contributed by atoms with E-state index in [2.05, 4.69) is 10.9 Å². The molecule has 1 amide bonds. The van der Waals surface area contributed by atoms with Crippen molar-refractivity contribution < 1.29 is 13.2 Å². The molecule has 1 aromatic heterocycles. The first-order valence-electron chi connectivity index (χ1n) is 8.05. The highest BCUT2D eigenvalue weighted by molar-refractivity contribution is 7.88. The fourth-order valence-electron chi connectivity index (χ4n) is 3.01. The first-order valence-corrected chi connectivity index (χ1v) is 11.1. The number of piperidine rings is 1. The Hall–Kier alpha value is -1.66. The number of terminal acetylenes is 1. The number of halogens is 1. The second kappa shape index (κ2) is 7.53. The van der Waals surface area contributed by atoms with Crippen LogP contribution in [-0.2, 0) is 21.4 Å². The van der Waals surface area contributed by atoms with Crippen LogP contribution in [0.4, 0.5) is 0 Å². The van der Waals surface area contributed by atoms with E-state index in [1.165, 1.54) is 15.6 Å². The van der Waals surface area contributed by atoms with E-state index in [1.807, 2.05) is 12.1 Å². The van der Waals surface area contributed by atoms with Crippen LogP contribution >= 0.6 is 22.9 Å². The van der Waals surface area contributed by atoms with Gasteiger partial charge in [0.25, 0.3) is 5.91 Å². The minimum absolute atomic E-state index is 0.174. The van der Waals surface area contributed by atoms with Crippen molar-refractivity contribution in [1.82, 2.24) is 8.87 Å². The smallest absolute Gasteiger partial charge is 0.252 e. The second-order valence-corrected chi connectivity index (χ2v) is 9.63. The molecule has 2 heterocycles. The summed E-state index contributed by atoms with van der Waals surface area (Å²) in [5.41, 5.74) is 0.866. The normalized spacial score (nSPS) is 19.6. The minimum Gasteiger partial charge on any atom is -0.305 e. The lowest BCUT2D eigenvalue weighted by Gasteiger charge is -2.28. The molecule has 1 fully saturated rings. The zero-order chi connectivity index (χ0) is 18.9. The topological polar surface area (TPSA) is 71.7 Å². The van der Waals surface area contributed by atoms with Crippen molar-refractivity contribution >= 4 is 49.1 Å². The lowest BCUT2D eigenvalue weighted by Crippen LogP contribution is -2.41. The number of carbonyl (C=O) groups excluding carboxylic acids is 1. The lowest BCUT2D eigenvalue weighted by molar-refractivity contribution is -0.122. The fraction of sp³-hybridized carbons (Fsp3) is 0.412. The molecule has 1 saturated heterocycles. The van der Waals surface area contributed by atoms with Crippen molar-refractivity contribution in [3.05, 3.63) is 28.0 Å². The zero-order valence-corrected chi connectivity index (χ0v) is 16.6. The molecule has 1 aromatic carbocycles. The summed E-state index contributed by atoms with van der Waals surface area (Å²) >= 11 is 7.38. The fourth-order valence-corrected chi connectivity index (χ4v) is 5.23. The van der Waals surface area contributed by atoms with Gasteiger partial charge in [-0.3, -0.25) is 4.79 Å². The van der Waals surface area contributed by atoms with Gasteiger partial charge < -0.3 is 4.57 Å². The first kappa shape index (κ1) is 19.1. The average Bonchev–Trinajstić information content (AvgIpc) is 2.91. The molecular weight excluding hydrogens is 394 g/mol. The Morgan fingerprint density at radius 3 is 2.96 bits per heavy atom. The van der Waals surface area contributed by atoms with Crippen molar-refractivity contribution in [2.45, 2.75) is 19.4 Å². The SMILES string of the molecule is C#CCn1c(=NC(=O)[C@H]2CCCN(S(C)(=O)=O)C2)sc2cc(Cl)ccc21. The molecule has 26 heavy (non-hydrogen) atoms. The molecule has 0 aliphatic carbocycles. The van der Waals surface area contributed by atoms with Gasteiger partial charge in [0.2, 0.25) is 10.0 Å². The van der Waals surface area contributed by atoms with Gasteiger partial charge in [-0.2, -0.15) is 4.99 Å². The minimum atomic E-state index is -3.31. The number of hydrogen-bond acceptors (Lipinski definition) is 4. The summed E-state index contributed by atoms with van der Waals surface area (Å²) in [6.07, 6.45) is 7.89. The molecule has 6 nitrogen and oxygen atoms in total. The molecule has 138 valence electrons. The summed E-state index contributed by atoms with van der Waals surface area (Å²) in [5, 5.41) is 0.598. The molecule has 1 aliphatic rings. The Bertz CT molecular complexity index is 1060. The van der Waals surface area contributed by atoms with Crippen molar-refractivity contribution in [1.29, 1.82) is 0 Å². The van der Waals surface area contributed by atoms with Gasteiger partial charge in [0.1, 0.15) is 0 Å². The molecule has 2 aromatic rings. The molecule has 0 N–H and O–H groups in total. The standard InChI is InChI=1S/C17H18ClN3O3S2/c1-3-8-21-14-7-6-13(18)10-15(14)25-17(21)19-16(22)12-5-4-9-20(11-12)26(2,23)24/h1,6-7,10,12H,4-5,8-9,11H2,2H3/t12-/m0/s1. The van der Waals surface area contributed by atoms with Gasteiger partial charge in [0.15, 0.2) is 4.80 Å². The number of hydrogen-bond donors (Lipinski definition) is 0. The van der Waals surface area contributed by atoms with E-state index in [-0.39, 0.29) is 19.0 Å². The predicted molar refractivity (Wildman–Crippen MR) is 103 cm³/mol. The molecule has 0 bridgehead atoms. The third-order valence-corrected chi connectivity index (χ3v) is 6.85. The van der Waals surface area contributed by atoms with E-state index in [1.54, 1.807) is 10.6 Å². The van der Waals surface area contributed by atoms with Crippen LogP contribution in [0.2, 0.25) is 5.02 Å². The van der Waals surface area contributed by atoms with Crippen LogP contribution in [0.3, 0.4) is 0 Å². The predicted octanol–water partition coefficient (Wildman–Crippen LogP) is 2.09. The quantitative estimate of drug-likeness (QED) is 0.726. The third-order valence-electron chi connectivity index (χ3n) is 4.30. The van der Waals surface area contributed by atoms with Crippen LogP contribution in [-0.4, -0.2) is 42.5 Å². The number of rotatable bonds is 3. The van der Waals surface area contributed by atoms with Gasteiger partial charge in [0.05, 0.1) is 28.9 Å². The van der Waals surface area contributed by atoms with Gasteiger partial charge in [-0.15, -0.1) is 6.42 Å². The maximum absolute atomic E-state index is 12.7. The largest absolute Gasteiger partial charge is 0.305 e. The third kappa shape index (κ3) is 4.01. The second-order valence-electron chi connectivity index (χ2n) is 6.20. The number of sulfonamides is 1. The Balaban J connectivity index is 1.97. The Labute approximate surface area is 161 Å². The monoisotopic (exact) mass is 411 g/mol. The molecular formula is C17H18ClN3O3S2. The summed E-state index contributed by atoms with van der Waals surface area (Å²) in [4.78, 5) is 17.4. The number of fused-ring (bicyclic) bond motifs is 1. The number of benzene rings is 1. The Kier molecular flexibility index (Phi) is 5.53. The van der Waals surface area contributed by atoms with Crippen LogP contribution < -0.4 is 4.80 Å². The van der Waals surface area contributed by atoms with Crippen LogP contribution in [0.5, 0.6) is 0 Å². The average molecular weight is 412 g/mol. The van der Waals surface area contributed by atoms with Crippen molar-refractivity contribution in [2.75, 3.05) is 19.3 Å². The Morgan fingerprint density at radius 1 is 1.50 bits per heavy atom. The summed E-state index contributed by atoms with van der Waals surface area (Å²) in [6, 6.07) is 5.42. The molecule has 0 unspecified atom stereocenters. The van der Waals surface area contributed by atoms with Crippen molar-refractivity contribution in [2.24, 2.45) is 10.9 Å². The number of aromatic nitrogens is 1. The lowest BCUT2D eigenvalue weighted by atomic mass is 9.99. The van der Waals surface area contributed by atoms with E-state index in [4.69, 9.17) is 18.0 Å². The Morgan fingerprint density at radius 2 is 2.27 bits per heavy atom. The van der Waals surface area contributed by atoms with Gasteiger partial charge in [-0.25, -0.2) is 12.7 Å². The van der Waals surface area contributed by atoms with E-state index >= 15 is 0 Å². The number of thiazole rings is 1. The van der Waals surface area contributed by atoms with Gasteiger partial charge in [-0.1, -0.05) is 28.9 Å². The maximum atomic E-state index is 12.7. The summed E-state index contributed by atoms with van der Waals surface area (Å²) in [6.45, 7) is 0.905. The molecule has 3 rings (SSSR count). The van der Waals surface area contributed by atoms with Gasteiger partial charge in [-0.05, 0) is 31.0 Å². The van der Waals surface area contributed by atoms with Crippen LogP contribution in [0.25, 0.3) is 10.2 Å². The molecule has 9 heteroatoms. The van der Waals surface area contributed by atoms with E-state index in [0.717, 1.165) is 16.5 Å². The summed E-state index contributed by atoms with van der Waals surface area (Å²) in [5.74, 6) is 1.82. The maximum Gasteiger partial charge on any atom is 0.252 e. The molecule has 1 aliphatic heterocycles. The molecule has 1 atom stereocenters. The molecule has 0 radical (unpaired) electrons. The van der Waals surface area contributed by atoms with E-state index < -0.39 is 15.9 Å². The first-order chi connectivity index (χ1) is 12.3. The molecule has 0 saturated carbocycles. The van der Waals surface area contributed by atoms with E-state index in [0.29, 0.717) is 29.2 Å². The van der Waals surface area contributed by atoms with Gasteiger partial charge in [0, 0.05) is 18.1 Å². The van der Waals surface area contributed by atoms with Crippen LogP contribution in [0.1, 0.15) is 12.8 Å². The number of amides is 1. The highest BCUT2D eigenvalue weighted by atomic mass is 35.5. The van der Waals surface area contributed by atoms with Crippen LogP contribution in [0, 0.1) is 18.3 Å². The number of nitrogens with zero attached hydrogens (tertiary/aromatic N) is 3. The van der Waals surface area contributed by atoms with Gasteiger partial charge >= 0.3 is 0 Å². The number of carbonyl (C=O) groups is 1. The summed E-state index contributed by atoms with van der Waals surface area (Å²) in [7, 11) is -3.31. The molecule has 0 spiro atoms. The highest BCUT2D eigenvalue weighted by Gasteiger charge is 2.30. The summed E-state index contributed by atoms with van der Waals surface area (Å²) < 4.78 is 27.5. The highest BCUT2D eigenvalue weighted by Crippen LogP contribution is 2.23.